The maximum atomic E-state index is 13.0. The Bertz CT molecular complexity index is 922. The summed E-state index contributed by atoms with van der Waals surface area (Å²) in [6.45, 7) is 3.80. The van der Waals surface area contributed by atoms with Crippen molar-refractivity contribution in [2.45, 2.75) is 31.7 Å². The van der Waals surface area contributed by atoms with Crippen molar-refractivity contribution < 1.29 is 14.3 Å². The quantitative estimate of drug-likeness (QED) is 0.671. The molecule has 0 bridgehead atoms. The number of hydrogen-bond acceptors (Lipinski definition) is 4. The largest absolute Gasteiger partial charge is 0.496 e. The number of para-hydroxylation sites is 2. The predicted molar refractivity (Wildman–Crippen MR) is 129 cm³/mol. The Labute approximate surface area is 196 Å². The Morgan fingerprint density at radius 3 is 2.33 bits per heavy atom. The van der Waals surface area contributed by atoms with Crippen LogP contribution in [0.1, 0.15) is 37.3 Å². The average molecular weight is 451 g/mol. The van der Waals surface area contributed by atoms with E-state index in [4.69, 9.17) is 4.74 Å². The number of urea groups is 1. The molecule has 2 fully saturated rings. The molecule has 2 heterocycles. The van der Waals surface area contributed by atoms with Crippen molar-refractivity contribution in [3.63, 3.8) is 0 Å². The number of benzene rings is 2. The summed E-state index contributed by atoms with van der Waals surface area (Å²) in [7, 11) is 1.69. The van der Waals surface area contributed by atoms with Gasteiger partial charge in [0.1, 0.15) is 5.75 Å². The van der Waals surface area contributed by atoms with Gasteiger partial charge in [-0.1, -0.05) is 36.4 Å². The number of anilines is 1. The fourth-order valence-corrected chi connectivity index (χ4v) is 4.84. The van der Waals surface area contributed by atoms with E-state index in [1.165, 1.54) is 12.8 Å². The van der Waals surface area contributed by atoms with Gasteiger partial charge < -0.3 is 20.3 Å². The number of amides is 3. The van der Waals surface area contributed by atoms with E-state index in [9.17, 15) is 9.59 Å². The van der Waals surface area contributed by atoms with Crippen molar-refractivity contribution >= 4 is 17.6 Å². The van der Waals surface area contributed by atoms with Crippen molar-refractivity contribution in [1.82, 2.24) is 15.1 Å². The van der Waals surface area contributed by atoms with Gasteiger partial charge in [-0.05, 0) is 57.0 Å². The maximum Gasteiger partial charge on any atom is 0.321 e. The zero-order valence-corrected chi connectivity index (χ0v) is 19.3. The number of carbonyl (C=O) groups excluding carboxylic acids is 2. The van der Waals surface area contributed by atoms with Crippen molar-refractivity contribution in [3.8, 4) is 5.75 Å². The third kappa shape index (κ3) is 5.85. The highest BCUT2D eigenvalue weighted by Gasteiger charge is 2.30. The summed E-state index contributed by atoms with van der Waals surface area (Å²) in [6.07, 6.45) is 3.72. The molecule has 2 saturated heterocycles. The SMILES string of the molecule is COc1ccccc1[C@H](CNC(=O)C1CCN(C(=O)Nc2ccccc2)CC1)N1CCCC1. The third-order valence-electron chi connectivity index (χ3n) is 6.73. The van der Waals surface area contributed by atoms with Crippen LogP contribution in [-0.4, -0.2) is 61.6 Å². The Hall–Kier alpha value is -3.06. The molecule has 0 spiro atoms. The summed E-state index contributed by atoms with van der Waals surface area (Å²) in [5.74, 6) is 0.876. The number of piperidine rings is 1. The van der Waals surface area contributed by atoms with Gasteiger partial charge in [-0.15, -0.1) is 0 Å². The lowest BCUT2D eigenvalue weighted by molar-refractivity contribution is -0.126. The molecule has 2 aliphatic heterocycles. The lowest BCUT2D eigenvalue weighted by atomic mass is 9.95. The van der Waals surface area contributed by atoms with Crippen LogP contribution in [0.3, 0.4) is 0 Å². The molecule has 33 heavy (non-hydrogen) atoms. The van der Waals surface area contributed by atoms with Gasteiger partial charge in [-0.25, -0.2) is 4.79 Å². The van der Waals surface area contributed by atoms with Crippen LogP contribution >= 0.6 is 0 Å². The molecule has 0 aliphatic carbocycles. The smallest absolute Gasteiger partial charge is 0.321 e. The molecule has 0 unspecified atom stereocenters. The first-order valence-corrected chi connectivity index (χ1v) is 11.9. The Balaban J connectivity index is 1.31. The van der Waals surface area contributed by atoms with E-state index in [1.807, 2.05) is 48.5 Å². The highest BCUT2D eigenvalue weighted by Crippen LogP contribution is 2.31. The van der Waals surface area contributed by atoms with Gasteiger partial charge >= 0.3 is 6.03 Å². The molecule has 1 atom stereocenters. The molecule has 7 heteroatoms. The maximum absolute atomic E-state index is 13.0. The van der Waals surface area contributed by atoms with Gasteiger partial charge in [0.25, 0.3) is 0 Å². The number of likely N-dealkylation sites (tertiary alicyclic amines) is 2. The first-order valence-electron chi connectivity index (χ1n) is 11.9. The monoisotopic (exact) mass is 450 g/mol. The van der Waals surface area contributed by atoms with Crippen LogP contribution < -0.4 is 15.4 Å². The summed E-state index contributed by atoms with van der Waals surface area (Å²) in [5.41, 5.74) is 1.90. The zero-order valence-electron chi connectivity index (χ0n) is 19.3. The zero-order chi connectivity index (χ0) is 23.0. The third-order valence-corrected chi connectivity index (χ3v) is 6.73. The molecule has 2 aromatic carbocycles. The molecule has 2 N–H and O–H groups in total. The van der Waals surface area contributed by atoms with Crippen LogP contribution in [-0.2, 0) is 4.79 Å². The normalized spacial score (nSPS) is 18.0. The molecule has 3 amide bonds. The number of nitrogens with zero attached hydrogens (tertiary/aromatic N) is 2. The van der Waals surface area contributed by atoms with Gasteiger partial charge in [-0.3, -0.25) is 9.69 Å². The standard InChI is InChI=1S/C26H34N4O3/c1-33-24-12-6-5-11-22(24)23(29-15-7-8-16-29)19-27-25(31)20-13-17-30(18-14-20)26(32)28-21-9-3-2-4-10-21/h2-6,9-12,20,23H,7-8,13-19H2,1H3,(H,27,31)(H,28,32)/t23-/m0/s1. The van der Waals surface area contributed by atoms with Crippen molar-refractivity contribution in [3.05, 3.63) is 60.2 Å². The molecular weight excluding hydrogens is 416 g/mol. The Morgan fingerprint density at radius 2 is 1.64 bits per heavy atom. The van der Waals surface area contributed by atoms with E-state index >= 15 is 0 Å². The minimum absolute atomic E-state index is 0.0670. The Morgan fingerprint density at radius 1 is 0.970 bits per heavy atom. The van der Waals surface area contributed by atoms with Crippen molar-refractivity contribution in [2.24, 2.45) is 5.92 Å². The first kappa shape index (κ1) is 23.1. The van der Waals surface area contributed by atoms with Crippen LogP contribution in [0, 0.1) is 5.92 Å². The number of hydrogen-bond donors (Lipinski definition) is 2. The summed E-state index contributed by atoms with van der Waals surface area (Å²) in [6, 6.07) is 17.5. The van der Waals surface area contributed by atoms with Crippen LogP contribution in [0.25, 0.3) is 0 Å². The molecule has 2 aliphatic rings. The minimum atomic E-state index is -0.106. The predicted octanol–water partition coefficient (Wildman–Crippen LogP) is 3.89. The van der Waals surface area contributed by atoms with Gasteiger partial charge in [0.2, 0.25) is 5.91 Å². The fraction of sp³-hybridized carbons (Fsp3) is 0.462. The van der Waals surface area contributed by atoms with E-state index in [1.54, 1.807) is 12.0 Å². The fourth-order valence-electron chi connectivity index (χ4n) is 4.84. The molecule has 0 saturated carbocycles. The van der Waals surface area contributed by atoms with Crippen LogP contribution in [0.2, 0.25) is 0 Å². The Kier molecular flexibility index (Phi) is 7.83. The van der Waals surface area contributed by atoms with E-state index in [-0.39, 0.29) is 23.9 Å². The van der Waals surface area contributed by atoms with Gasteiger partial charge in [0, 0.05) is 36.8 Å². The summed E-state index contributed by atoms with van der Waals surface area (Å²) < 4.78 is 5.60. The second kappa shape index (κ2) is 11.2. The number of ether oxygens (including phenoxy) is 1. The topological polar surface area (TPSA) is 73.9 Å². The lowest BCUT2D eigenvalue weighted by Crippen LogP contribution is -2.45. The average Bonchev–Trinajstić information content (AvgIpc) is 3.40. The molecule has 0 aromatic heterocycles. The lowest BCUT2D eigenvalue weighted by Gasteiger charge is -2.33. The van der Waals surface area contributed by atoms with Crippen LogP contribution in [0.15, 0.2) is 54.6 Å². The van der Waals surface area contributed by atoms with Gasteiger partial charge in [-0.2, -0.15) is 0 Å². The van der Waals surface area contributed by atoms with Gasteiger partial charge in [0.05, 0.1) is 13.2 Å². The molecule has 176 valence electrons. The summed E-state index contributed by atoms with van der Waals surface area (Å²) >= 11 is 0. The second-order valence-electron chi connectivity index (χ2n) is 8.80. The van der Waals surface area contributed by atoms with E-state index in [0.29, 0.717) is 32.5 Å². The highest BCUT2D eigenvalue weighted by atomic mass is 16.5. The minimum Gasteiger partial charge on any atom is -0.496 e. The van der Waals surface area contributed by atoms with Crippen molar-refractivity contribution in [1.29, 1.82) is 0 Å². The number of methoxy groups -OCH3 is 1. The summed E-state index contributed by atoms with van der Waals surface area (Å²) in [5, 5.41) is 6.13. The van der Waals surface area contributed by atoms with E-state index in [0.717, 1.165) is 30.1 Å². The molecule has 2 aromatic rings. The van der Waals surface area contributed by atoms with E-state index in [2.05, 4.69) is 21.6 Å². The summed E-state index contributed by atoms with van der Waals surface area (Å²) in [4.78, 5) is 29.7. The van der Waals surface area contributed by atoms with Gasteiger partial charge in [0.15, 0.2) is 0 Å². The molecule has 4 rings (SSSR count). The molecular formula is C26H34N4O3. The number of nitrogens with one attached hydrogen (secondary N) is 2. The number of rotatable bonds is 7. The van der Waals surface area contributed by atoms with E-state index < -0.39 is 0 Å². The van der Waals surface area contributed by atoms with Crippen molar-refractivity contribution in [2.75, 3.05) is 45.2 Å². The highest BCUT2D eigenvalue weighted by molar-refractivity contribution is 5.89. The molecule has 0 radical (unpaired) electrons. The molecule has 7 nitrogen and oxygen atoms in total. The second-order valence-corrected chi connectivity index (χ2v) is 8.80. The van der Waals surface area contributed by atoms with Crippen LogP contribution in [0.4, 0.5) is 10.5 Å². The van der Waals surface area contributed by atoms with Crippen LogP contribution in [0.5, 0.6) is 5.75 Å². The first-order chi connectivity index (χ1) is 16.2. The number of carbonyl (C=O) groups is 2.